The summed E-state index contributed by atoms with van der Waals surface area (Å²) in [5.41, 5.74) is -2.07. The van der Waals surface area contributed by atoms with Crippen LogP contribution in [-0.4, -0.2) is 66.8 Å². The smallest absolute Gasteiger partial charge is 0.871 e. The third kappa shape index (κ3) is 13.3. The van der Waals surface area contributed by atoms with Gasteiger partial charge in [0.15, 0.2) is 0 Å². The Morgan fingerprint density at radius 2 is 1.11 bits per heavy atom. The van der Waals surface area contributed by atoms with Gasteiger partial charge < -0.3 is 39.1 Å². The molecule has 6 aromatic rings. The molecule has 61 heavy (non-hydrogen) atoms. The van der Waals surface area contributed by atoms with Gasteiger partial charge in [0.25, 0.3) is 0 Å². The minimum absolute atomic E-state index is 0. The predicted octanol–water partition coefficient (Wildman–Crippen LogP) is -9.18. The van der Waals surface area contributed by atoms with E-state index in [9.17, 15) is 62.1 Å². The van der Waals surface area contributed by atoms with Crippen molar-refractivity contribution in [2.45, 2.75) is 26.5 Å². The molecular formula is C30H16ClCuN7Na4O14S4. The van der Waals surface area contributed by atoms with Crippen LogP contribution in [0.5, 0.6) is 11.5 Å². The van der Waals surface area contributed by atoms with Crippen LogP contribution in [0.25, 0.3) is 21.5 Å². The van der Waals surface area contributed by atoms with Gasteiger partial charge in [0, 0.05) is 22.1 Å². The molecule has 31 heteroatoms. The molecule has 1 radical (unpaired) electrons. The molecule has 0 saturated carbocycles. The van der Waals surface area contributed by atoms with E-state index < -0.39 is 111 Å². The quantitative estimate of drug-likeness (QED) is 0.0731. The van der Waals surface area contributed by atoms with E-state index in [1.165, 1.54) is 31.2 Å². The molecule has 1 aromatic heterocycles. The maximum Gasteiger partial charge on any atom is 2.00 e. The number of rotatable bonds is 10. The van der Waals surface area contributed by atoms with E-state index in [4.69, 9.17) is 11.6 Å². The fraction of sp³-hybridized carbons (Fsp3) is 0.0333. The van der Waals surface area contributed by atoms with E-state index in [-0.39, 0.29) is 163 Å². The van der Waals surface area contributed by atoms with Gasteiger partial charge in [-0.1, -0.05) is 35.8 Å². The van der Waals surface area contributed by atoms with Gasteiger partial charge in [-0.3, -0.25) is 0 Å². The Balaban J connectivity index is 0.00000372. The Kier molecular flexibility index (Phi) is 20.8. The van der Waals surface area contributed by atoms with Crippen molar-refractivity contribution < 1.29 is 197 Å². The van der Waals surface area contributed by atoms with Gasteiger partial charge in [-0.2, -0.15) is 20.1 Å². The molecule has 0 fully saturated rings. The number of halogens is 1. The van der Waals surface area contributed by atoms with Crippen molar-refractivity contribution in [3.05, 3.63) is 77.6 Å². The van der Waals surface area contributed by atoms with Gasteiger partial charge in [-0.25, -0.2) is 33.7 Å². The van der Waals surface area contributed by atoms with Gasteiger partial charge in [-0.15, -0.1) is 5.11 Å². The van der Waals surface area contributed by atoms with Crippen molar-refractivity contribution in [1.29, 1.82) is 0 Å². The number of hydrogen-bond acceptors (Lipinski definition) is 21. The molecule has 0 saturated heterocycles. The number of nitrogens with one attached hydrogen (secondary N) is 2. The van der Waals surface area contributed by atoms with Crippen molar-refractivity contribution in [2.24, 2.45) is 10.2 Å². The normalized spacial score (nSPS) is 11.7. The van der Waals surface area contributed by atoms with Crippen LogP contribution in [0.15, 0.2) is 96.5 Å². The Hall–Kier alpha value is -1.12. The van der Waals surface area contributed by atoms with Crippen molar-refractivity contribution in [3.63, 3.8) is 0 Å². The molecule has 2 N–H and O–H groups in total. The molecule has 0 unspecified atom stereocenters. The molecule has 301 valence electrons. The number of nitrogens with zero attached hydrogens (tertiary/aromatic N) is 5. The average molecular weight is 1020 g/mol. The second kappa shape index (κ2) is 21.9. The number of aryl methyl sites for hydroxylation is 1. The number of benzene rings is 5. The summed E-state index contributed by atoms with van der Waals surface area (Å²) in [6.07, 6.45) is 0. The first kappa shape index (κ1) is 57.9. The number of fused-ring (bicyclic) bond motifs is 2. The van der Waals surface area contributed by atoms with E-state index in [1.807, 2.05) is 0 Å². The van der Waals surface area contributed by atoms with E-state index in [0.29, 0.717) is 24.3 Å². The first-order chi connectivity index (χ1) is 25.9. The Morgan fingerprint density at radius 3 is 1.64 bits per heavy atom. The van der Waals surface area contributed by atoms with Gasteiger partial charge >= 0.3 is 135 Å². The first-order valence-corrected chi connectivity index (χ1v) is 20.8. The minimum Gasteiger partial charge on any atom is -0.871 e. The summed E-state index contributed by atoms with van der Waals surface area (Å²) < 4.78 is 143. The Bertz CT molecular complexity index is 3180. The fourth-order valence-electron chi connectivity index (χ4n) is 5.32. The molecule has 0 aliphatic carbocycles. The van der Waals surface area contributed by atoms with E-state index in [2.05, 4.69) is 35.8 Å². The Labute approximate surface area is 450 Å². The predicted molar refractivity (Wildman–Crippen MR) is 185 cm³/mol. The van der Waals surface area contributed by atoms with Crippen LogP contribution < -0.4 is 139 Å². The Morgan fingerprint density at radius 1 is 0.590 bits per heavy atom. The summed E-state index contributed by atoms with van der Waals surface area (Å²) in [5, 5.41) is 37.1. The van der Waals surface area contributed by atoms with Crippen LogP contribution in [0.2, 0.25) is 5.28 Å². The van der Waals surface area contributed by atoms with Crippen molar-refractivity contribution >= 4 is 108 Å². The standard InChI is InChI=1S/C30H22ClN7O14S4.Cu.4Na/c1-13-8-15(53(41,42)43)6-7-19(13)32-29-34-28(31)35-30(36-29)33-20-11-16(54(44,45)46)9-14-10-23(56(50,51)52)26(27(40)24(14)20)38-37-25-18-5-3-2-4-17(18)22(12-21(25)39)55(47,48)49;;;;;/h2-12,39-40H,1H3,(H,41,42,43)(H,44,45,46)(H,47,48,49)(H,50,51,52)(H2,32,33,34,35,36);;;;;/q;+2;4*+1/p-6. The maximum atomic E-state index is 14.1. The van der Waals surface area contributed by atoms with Crippen LogP contribution >= 0.6 is 11.6 Å². The van der Waals surface area contributed by atoms with E-state index >= 15 is 0 Å². The largest absolute Gasteiger partial charge is 2.00 e. The van der Waals surface area contributed by atoms with Crippen LogP contribution in [0.1, 0.15) is 5.56 Å². The van der Waals surface area contributed by atoms with Crippen molar-refractivity contribution in [1.82, 2.24) is 15.0 Å². The number of azo groups is 1. The van der Waals surface area contributed by atoms with E-state index in [0.717, 1.165) is 18.2 Å². The SMILES string of the molecule is Cc1cc(S(=O)(=O)[O-])ccc1Nc1nc(Cl)nc(Nc2cc(S(=O)(=O)[O-])cc3cc(S(=O)(=O)[O-])c(N=Nc4c([O-])cc(S(=O)(=O)[O-])c5ccccc45)c([O-])c23)n1.[Cu+2].[Na+].[Na+].[Na+].[Na+]. The fourth-order valence-corrected chi connectivity index (χ4v) is 7.91. The molecule has 5 aromatic carbocycles. The zero-order valence-electron chi connectivity index (χ0n) is 31.6. The molecule has 0 aliphatic heterocycles. The summed E-state index contributed by atoms with van der Waals surface area (Å²) in [5.74, 6) is -3.51. The van der Waals surface area contributed by atoms with Crippen LogP contribution in [-0.2, 0) is 57.5 Å². The molecule has 6 rings (SSSR count). The van der Waals surface area contributed by atoms with E-state index in [1.54, 1.807) is 0 Å². The van der Waals surface area contributed by atoms with Gasteiger partial charge in [0.1, 0.15) is 40.5 Å². The molecule has 0 bridgehead atoms. The number of hydrogen-bond donors (Lipinski definition) is 2. The third-order valence-electron chi connectivity index (χ3n) is 7.71. The third-order valence-corrected chi connectivity index (χ3v) is 11.3. The summed E-state index contributed by atoms with van der Waals surface area (Å²) in [4.78, 5) is 7.92. The molecular weight excluding hydrogens is 1000 g/mol. The maximum absolute atomic E-state index is 14.1. The first-order valence-electron chi connectivity index (χ1n) is 14.8. The monoisotopic (exact) mass is 1020 g/mol. The minimum atomic E-state index is -5.67. The second-order valence-electron chi connectivity index (χ2n) is 11.4. The van der Waals surface area contributed by atoms with Gasteiger partial charge in [-0.05, 0) is 77.3 Å². The van der Waals surface area contributed by atoms with Gasteiger partial charge in [0.2, 0.25) is 17.2 Å². The summed E-state index contributed by atoms with van der Waals surface area (Å²) in [7, 11) is -21.0. The summed E-state index contributed by atoms with van der Waals surface area (Å²) in [6.45, 7) is 1.44. The molecule has 1 heterocycles. The summed E-state index contributed by atoms with van der Waals surface area (Å²) in [6, 6.07) is 10.4. The molecule has 0 amide bonds. The van der Waals surface area contributed by atoms with Crippen LogP contribution in [0, 0.1) is 6.92 Å². The topological polar surface area (TPSA) is 362 Å². The van der Waals surface area contributed by atoms with Gasteiger partial charge in [0.05, 0.1) is 31.0 Å². The number of aromatic nitrogens is 3. The average Bonchev–Trinajstić information content (AvgIpc) is 3.07. The van der Waals surface area contributed by atoms with Crippen LogP contribution in [0.3, 0.4) is 0 Å². The number of anilines is 4. The van der Waals surface area contributed by atoms with Crippen molar-refractivity contribution in [3.8, 4) is 11.5 Å². The van der Waals surface area contributed by atoms with Crippen LogP contribution in [0.4, 0.5) is 34.6 Å². The molecule has 0 spiro atoms. The summed E-state index contributed by atoms with van der Waals surface area (Å²) >= 11 is 6.07. The second-order valence-corrected chi connectivity index (χ2v) is 17.2. The molecule has 0 atom stereocenters. The zero-order valence-corrected chi connectivity index (χ0v) is 44.6. The molecule has 21 nitrogen and oxygen atoms in total. The molecule has 0 aliphatic rings. The zero-order chi connectivity index (χ0) is 41.1. The van der Waals surface area contributed by atoms with Crippen molar-refractivity contribution in [2.75, 3.05) is 10.6 Å².